The fourth-order valence-corrected chi connectivity index (χ4v) is 2.35. The average molecular weight is 345 g/mol. The number of halogens is 3. The Kier molecular flexibility index (Phi) is 5.09. The highest BCUT2D eigenvalue weighted by atomic mass is 32.1. The number of benzene rings is 1. The highest BCUT2D eigenvalue weighted by Crippen LogP contribution is 2.26. The van der Waals surface area contributed by atoms with Gasteiger partial charge in [-0.25, -0.2) is 4.98 Å². The van der Waals surface area contributed by atoms with Gasteiger partial charge in [-0.05, 0) is 38.1 Å². The van der Waals surface area contributed by atoms with E-state index in [0.717, 1.165) is 0 Å². The molecule has 0 fully saturated rings. The average Bonchev–Trinajstić information content (AvgIpc) is 2.87. The van der Waals surface area contributed by atoms with Gasteiger partial charge in [-0.2, -0.15) is 0 Å². The van der Waals surface area contributed by atoms with Crippen molar-refractivity contribution in [3.63, 3.8) is 0 Å². The first-order chi connectivity index (χ1) is 10.7. The molecular formula is C14H14F3N3O2S. The molecule has 9 heteroatoms. The summed E-state index contributed by atoms with van der Waals surface area (Å²) in [6.45, 7) is 3.68. The van der Waals surface area contributed by atoms with Gasteiger partial charge in [0.05, 0.1) is 0 Å². The Hall–Kier alpha value is -2.29. The summed E-state index contributed by atoms with van der Waals surface area (Å²) in [6, 6.07) is 5.24. The van der Waals surface area contributed by atoms with E-state index in [4.69, 9.17) is 0 Å². The smallest absolute Gasteiger partial charge is 0.406 e. The van der Waals surface area contributed by atoms with Crippen LogP contribution in [0.3, 0.4) is 0 Å². The molecule has 0 saturated heterocycles. The molecule has 2 rings (SSSR count). The van der Waals surface area contributed by atoms with E-state index in [1.54, 1.807) is 5.38 Å². The van der Waals surface area contributed by atoms with Gasteiger partial charge in [0.1, 0.15) is 11.4 Å². The Morgan fingerprint density at radius 3 is 2.48 bits per heavy atom. The van der Waals surface area contributed by atoms with Crippen LogP contribution in [0.15, 0.2) is 29.6 Å². The zero-order valence-electron chi connectivity index (χ0n) is 12.3. The molecule has 0 bridgehead atoms. The van der Waals surface area contributed by atoms with Gasteiger partial charge in [-0.15, -0.1) is 24.5 Å². The maximum absolute atomic E-state index is 12.1. The van der Waals surface area contributed by atoms with Gasteiger partial charge in [0.2, 0.25) is 0 Å². The van der Waals surface area contributed by atoms with Gasteiger partial charge in [-0.3, -0.25) is 4.79 Å². The van der Waals surface area contributed by atoms with E-state index >= 15 is 0 Å². The molecule has 2 aromatic rings. The van der Waals surface area contributed by atoms with Crippen LogP contribution in [0.1, 0.15) is 24.3 Å². The number of alkyl halides is 3. The molecule has 0 aliphatic heterocycles. The van der Waals surface area contributed by atoms with Gasteiger partial charge in [-0.1, -0.05) is 0 Å². The number of anilines is 2. The van der Waals surface area contributed by atoms with Crippen molar-refractivity contribution in [1.82, 2.24) is 10.3 Å². The molecule has 1 heterocycles. The number of carbonyl (C=O) groups is 1. The fraction of sp³-hybridized carbons (Fsp3) is 0.286. The summed E-state index contributed by atoms with van der Waals surface area (Å²) in [5.74, 6) is -0.586. The SMILES string of the molecule is CC(C)NC(=O)c1csc(Nc2ccc(OC(F)(F)F)cc2)n1. The number of thiazole rings is 1. The molecule has 1 aromatic heterocycles. The fourth-order valence-electron chi connectivity index (χ4n) is 1.63. The topological polar surface area (TPSA) is 63.2 Å². The Bertz CT molecular complexity index is 669. The van der Waals surface area contributed by atoms with Crippen molar-refractivity contribution >= 4 is 28.1 Å². The zero-order valence-corrected chi connectivity index (χ0v) is 13.1. The van der Waals surface area contributed by atoms with Gasteiger partial charge in [0, 0.05) is 17.1 Å². The van der Waals surface area contributed by atoms with E-state index in [1.807, 2.05) is 13.8 Å². The molecule has 1 amide bonds. The first-order valence-electron chi connectivity index (χ1n) is 6.62. The molecule has 0 saturated carbocycles. The zero-order chi connectivity index (χ0) is 17.0. The normalized spacial score (nSPS) is 11.4. The minimum Gasteiger partial charge on any atom is -0.406 e. The molecule has 0 radical (unpaired) electrons. The molecule has 2 N–H and O–H groups in total. The van der Waals surface area contributed by atoms with Crippen LogP contribution in [-0.4, -0.2) is 23.3 Å². The van der Waals surface area contributed by atoms with E-state index in [2.05, 4.69) is 20.4 Å². The minimum absolute atomic E-state index is 0.00165. The van der Waals surface area contributed by atoms with Crippen LogP contribution < -0.4 is 15.4 Å². The van der Waals surface area contributed by atoms with E-state index in [-0.39, 0.29) is 23.4 Å². The van der Waals surface area contributed by atoms with Gasteiger partial charge >= 0.3 is 6.36 Å². The van der Waals surface area contributed by atoms with Crippen LogP contribution >= 0.6 is 11.3 Å². The first kappa shape index (κ1) is 17.1. The van der Waals surface area contributed by atoms with Crippen LogP contribution in [0.5, 0.6) is 5.75 Å². The number of rotatable bonds is 5. The third-order valence-corrected chi connectivity index (χ3v) is 3.25. The lowest BCUT2D eigenvalue weighted by Gasteiger charge is -2.09. The number of nitrogens with one attached hydrogen (secondary N) is 2. The maximum Gasteiger partial charge on any atom is 0.573 e. The van der Waals surface area contributed by atoms with Gasteiger partial charge < -0.3 is 15.4 Å². The Labute approximate surface area is 134 Å². The van der Waals surface area contributed by atoms with E-state index < -0.39 is 6.36 Å². The third-order valence-electron chi connectivity index (χ3n) is 2.50. The maximum atomic E-state index is 12.1. The standard InChI is InChI=1S/C14H14F3N3O2S/c1-8(2)18-12(21)11-7-23-13(20-11)19-9-3-5-10(6-4-9)22-14(15,16)17/h3-8H,1-2H3,(H,18,21)(H,19,20). The number of ether oxygens (including phenoxy) is 1. The molecule has 0 spiro atoms. The van der Waals surface area contributed by atoms with Crippen LogP contribution in [0.2, 0.25) is 0 Å². The summed E-state index contributed by atoms with van der Waals surface area (Å²) in [6.07, 6.45) is -4.72. The van der Waals surface area contributed by atoms with Gasteiger partial charge in [0.15, 0.2) is 5.13 Å². The molecule has 1 aromatic carbocycles. The van der Waals surface area contributed by atoms with Crippen molar-refractivity contribution in [1.29, 1.82) is 0 Å². The van der Waals surface area contributed by atoms with Crippen molar-refractivity contribution in [2.24, 2.45) is 0 Å². The number of carbonyl (C=O) groups excluding carboxylic acids is 1. The lowest BCUT2D eigenvalue weighted by molar-refractivity contribution is -0.274. The van der Waals surface area contributed by atoms with Crippen LogP contribution in [0.25, 0.3) is 0 Å². The largest absolute Gasteiger partial charge is 0.573 e. The van der Waals surface area contributed by atoms with Crippen molar-refractivity contribution in [3.8, 4) is 5.75 Å². The third kappa shape index (κ3) is 5.44. The molecular weight excluding hydrogens is 331 g/mol. The molecule has 0 aliphatic rings. The lowest BCUT2D eigenvalue weighted by atomic mass is 10.3. The van der Waals surface area contributed by atoms with E-state index in [0.29, 0.717) is 10.8 Å². The summed E-state index contributed by atoms with van der Waals surface area (Å²) in [7, 11) is 0. The van der Waals surface area contributed by atoms with Crippen LogP contribution in [0.4, 0.5) is 24.0 Å². The van der Waals surface area contributed by atoms with Crippen LogP contribution in [-0.2, 0) is 0 Å². The predicted octanol–water partition coefficient (Wildman–Crippen LogP) is 3.92. The minimum atomic E-state index is -4.72. The summed E-state index contributed by atoms with van der Waals surface area (Å²) in [5.41, 5.74) is 0.813. The van der Waals surface area contributed by atoms with Crippen LogP contribution in [0, 0.1) is 0 Å². The molecule has 23 heavy (non-hydrogen) atoms. The highest BCUT2D eigenvalue weighted by Gasteiger charge is 2.30. The quantitative estimate of drug-likeness (QED) is 0.862. The molecule has 0 aliphatic carbocycles. The molecule has 124 valence electrons. The number of nitrogens with zero attached hydrogens (tertiary/aromatic N) is 1. The van der Waals surface area contributed by atoms with E-state index in [1.165, 1.54) is 35.6 Å². The first-order valence-corrected chi connectivity index (χ1v) is 7.50. The molecule has 0 atom stereocenters. The van der Waals surface area contributed by atoms with E-state index in [9.17, 15) is 18.0 Å². The Balaban J connectivity index is 2.00. The lowest BCUT2D eigenvalue weighted by Crippen LogP contribution is -2.30. The summed E-state index contributed by atoms with van der Waals surface area (Å²) < 4.78 is 40.0. The van der Waals surface area contributed by atoms with Crippen molar-refractivity contribution < 1.29 is 22.7 Å². The number of amides is 1. The second-order valence-corrected chi connectivity index (χ2v) is 5.72. The Morgan fingerprint density at radius 1 is 1.26 bits per heavy atom. The second kappa shape index (κ2) is 6.86. The predicted molar refractivity (Wildman–Crippen MR) is 81.1 cm³/mol. The summed E-state index contributed by atoms with van der Waals surface area (Å²) in [5, 5.41) is 7.69. The Morgan fingerprint density at radius 2 is 1.91 bits per heavy atom. The molecule has 0 unspecified atom stereocenters. The van der Waals surface area contributed by atoms with Gasteiger partial charge in [0.25, 0.3) is 5.91 Å². The summed E-state index contributed by atoms with van der Waals surface area (Å²) in [4.78, 5) is 15.9. The molecule has 5 nitrogen and oxygen atoms in total. The number of hydrogen-bond donors (Lipinski definition) is 2. The van der Waals surface area contributed by atoms with Crippen molar-refractivity contribution in [2.75, 3.05) is 5.32 Å². The monoisotopic (exact) mass is 345 g/mol. The number of hydrogen-bond acceptors (Lipinski definition) is 5. The van der Waals surface area contributed by atoms with Crippen molar-refractivity contribution in [3.05, 3.63) is 35.3 Å². The highest BCUT2D eigenvalue weighted by molar-refractivity contribution is 7.14. The number of aromatic nitrogens is 1. The summed E-state index contributed by atoms with van der Waals surface area (Å²) >= 11 is 1.22. The second-order valence-electron chi connectivity index (χ2n) is 4.86. The van der Waals surface area contributed by atoms with Crippen molar-refractivity contribution in [2.45, 2.75) is 26.3 Å².